The SMILES string of the molecule is Nc1ccc(-c2cc(O)c(C(=O)NCC(=O)O)c3ncnn23)cc1. The van der Waals surface area contributed by atoms with Gasteiger partial charge in [0, 0.05) is 17.3 Å². The zero-order valence-electron chi connectivity index (χ0n) is 12.3. The van der Waals surface area contributed by atoms with Gasteiger partial charge in [0.1, 0.15) is 24.2 Å². The van der Waals surface area contributed by atoms with E-state index in [0.717, 1.165) is 0 Å². The van der Waals surface area contributed by atoms with Crippen LogP contribution < -0.4 is 11.1 Å². The number of nitrogen functional groups attached to an aromatic ring is 1. The Morgan fingerprint density at radius 1 is 1.25 bits per heavy atom. The summed E-state index contributed by atoms with van der Waals surface area (Å²) in [5, 5.41) is 25.1. The highest BCUT2D eigenvalue weighted by molar-refractivity contribution is 6.04. The van der Waals surface area contributed by atoms with E-state index in [-0.39, 0.29) is 17.0 Å². The van der Waals surface area contributed by atoms with Crippen molar-refractivity contribution in [3.63, 3.8) is 0 Å². The number of nitrogens with two attached hydrogens (primary N) is 1. The van der Waals surface area contributed by atoms with E-state index >= 15 is 0 Å². The first-order valence-corrected chi connectivity index (χ1v) is 6.89. The van der Waals surface area contributed by atoms with Gasteiger partial charge >= 0.3 is 5.97 Å². The number of aliphatic carboxylic acids is 1. The van der Waals surface area contributed by atoms with Crippen molar-refractivity contribution in [1.29, 1.82) is 0 Å². The summed E-state index contributed by atoms with van der Waals surface area (Å²) in [6.07, 6.45) is 1.24. The Morgan fingerprint density at radius 3 is 2.62 bits per heavy atom. The number of hydrogen-bond acceptors (Lipinski definition) is 6. The quantitative estimate of drug-likeness (QED) is 0.511. The number of benzene rings is 1. The molecule has 1 amide bonds. The maximum Gasteiger partial charge on any atom is 0.322 e. The molecule has 5 N–H and O–H groups in total. The molecule has 9 heteroatoms. The van der Waals surface area contributed by atoms with E-state index in [1.54, 1.807) is 24.3 Å². The van der Waals surface area contributed by atoms with Crippen molar-refractivity contribution >= 4 is 23.2 Å². The fraction of sp³-hybridized carbons (Fsp3) is 0.0667. The third kappa shape index (κ3) is 2.70. The molecule has 0 saturated carbocycles. The lowest BCUT2D eigenvalue weighted by Crippen LogP contribution is -2.29. The van der Waals surface area contributed by atoms with Gasteiger partial charge in [-0.05, 0) is 12.1 Å². The monoisotopic (exact) mass is 327 g/mol. The van der Waals surface area contributed by atoms with Crippen LogP contribution in [0.5, 0.6) is 5.75 Å². The Balaban J connectivity index is 2.11. The lowest BCUT2D eigenvalue weighted by Gasteiger charge is -2.10. The van der Waals surface area contributed by atoms with E-state index in [4.69, 9.17) is 10.8 Å². The molecule has 0 aliphatic carbocycles. The van der Waals surface area contributed by atoms with Crippen LogP contribution in [0.3, 0.4) is 0 Å². The zero-order chi connectivity index (χ0) is 17.3. The number of pyridine rings is 1. The average Bonchev–Trinajstić information content (AvgIpc) is 3.02. The molecule has 3 rings (SSSR count). The molecule has 0 unspecified atom stereocenters. The van der Waals surface area contributed by atoms with Crippen molar-refractivity contribution in [1.82, 2.24) is 19.9 Å². The number of carbonyl (C=O) groups is 2. The molecule has 0 saturated heterocycles. The highest BCUT2D eigenvalue weighted by Gasteiger charge is 2.21. The summed E-state index contributed by atoms with van der Waals surface area (Å²) >= 11 is 0. The Bertz CT molecular complexity index is 933. The van der Waals surface area contributed by atoms with Crippen molar-refractivity contribution in [3.8, 4) is 17.0 Å². The molecule has 24 heavy (non-hydrogen) atoms. The van der Waals surface area contributed by atoms with Crippen LogP contribution in [0.2, 0.25) is 0 Å². The Kier molecular flexibility index (Phi) is 3.74. The van der Waals surface area contributed by atoms with Gasteiger partial charge in [-0.25, -0.2) is 9.50 Å². The van der Waals surface area contributed by atoms with Gasteiger partial charge in [-0.3, -0.25) is 9.59 Å². The van der Waals surface area contributed by atoms with Crippen LogP contribution in [-0.4, -0.2) is 43.2 Å². The normalized spacial score (nSPS) is 10.7. The van der Waals surface area contributed by atoms with E-state index < -0.39 is 18.4 Å². The number of carbonyl (C=O) groups excluding carboxylic acids is 1. The van der Waals surface area contributed by atoms with Gasteiger partial charge in [-0.1, -0.05) is 12.1 Å². The molecule has 1 aromatic carbocycles. The predicted molar refractivity (Wildman–Crippen MR) is 84.5 cm³/mol. The van der Waals surface area contributed by atoms with Crippen molar-refractivity contribution in [3.05, 3.63) is 42.2 Å². The van der Waals surface area contributed by atoms with Gasteiger partial charge in [-0.15, -0.1) is 0 Å². The predicted octanol–water partition coefficient (Wildman–Crippen LogP) is 0.498. The lowest BCUT2D eigenvalue weighted by atomic mass is 10.1. The smallest absolute Gasteiger partial charge is 0.322 e. The summed E-state index contributed by atoms with van der Waals surface area (Å²) in [5.41, 5.74) is 7.44. The molecule has 0 aliphatic heterocycles. The largest absolute Gasteiger partial charge is 0.507 e. The second kappa shape index (κ2) is 5.88. The van der Waals surface area contributed by atoms with E-state index in [1.165, 1.54) is 16.9 Å². The molecule has 9 nitrogen and oxygen atoms in total. The molecule has 2 heterocycles. The third-order valence-corrected chi connectivity index (χ3v) is 3.36. The van der Waals surface area contributed by atoms with Crippen LogP contribution in [0.25, 0.3) is 16.9 Å². The molecule has 2 aromatic heterocycles. The highest BCUT2D eigenvalue weighted by Crippen LogP contribution is 2.29. The van der Waals surface area contributed by atoms with Crippen molar-refractivity contribution in [2.45, 2.75) is 0 Å². The molecule has 3 aromatic rings. The number of aromatic nitrogens is 3. The first-order valence-electron chi connectivity index (χ1n) is 6.89. The first-order chi connectivity index (χ1) is 11.5. The Morgan fingerprint density at radius 2 is 1.96 bits per heavy atom. The number of anilines is 1. The zero-order valence-corrected chi connectivity index (χ0v) is 12.3. The van der Waals surface area contributed by atoms with E-state index in [2.05, 4.69) is 15.4 Å². The summed E-state index contributed by atoms with van der Waals surface area (Å²) in [7, 11) is 0. The van der Waals surface area contributed by atoms with Crippen LogP contribution >= 0.6 is 0 Å². The number of carboxylic acids is 1. The fourth-order valence-corrected chi connectivity index (χ4v) is 2.29. The number of rotatable bonds is 4. The van der Waals surface area contributed by atoms with Crippen LogP contribution in [-0.2, 0) is 4.79 Å². The summed E-state index contributed by atoms with van der Waals surface area (Å²) in [6, 6.07) is 8.25. The third-order valence-electron chi connectivity index (χ3n) is 3.36. The van der Waals surface area contributed by atoms with Gasteiger partial charge in [0.2, 0.25) is 0 Å². The number of nitrogens with zero attached hydrogens (tertiary/aromatic N) is 3. The molecular weight excluding hydrogens is 314 g/mol. The highest BCUT2D eigenvalue weighted by atomic mass is 16.4. The van der Waals surface area contributed by atoms with Gasteiger partial charge in [-0.2, -0.15) is 5.10 Å². The number of fused-ring (bicyclic) bond motifs is 1. The van der Waals surface area contributed by atoms with Crippen molar-refractivity contribution in [2.75, 3.05) is 12.3 Å². The second-order valence-electron chi connectivity index (χ2n) is 4.98. The topological polar surface area (TPSA) is 143 Å². The number of nitrogens with one attached hydrogen (secondary N) is 1. The Labute approximate surface area is 135 Å². The fourth-order valence-electron chi connectivity index (χ4n) is 2.29. The number of carboxylic acid groups (broad SMARTS) is 1. The number of hydrogen-bond donors (Lipinski definition) is 4. The Hall–Kier alpha value is -3.62. The molecule has 0 radical (unpaired) electrons. The van der Waals surface area contributed by atoms with Gasteiger partial charge in [0.15, 0.2) is 5.65 Å². The average molecular weight is 327 g/mol. The lowest BCUT2D eigenvalue weighted by molar-refractivity contribution is -0.135. The molecular formula is C15H13N5O4. The minimum atomic E-state index is -1.20. The summed E-state index contributed by atoms with van der Waals surface area (Å²) in [6.45, 7) is -0.571. The molecule has 0 atom stereocenters. The maximum atomic E-state index is 12.1. The van der Waals surface area contributed by atoms with Gasteiger partial charge < -0.3 is 21.3 Å². The molecule has 0 spiro atoms. The molecule has 122 valence electrons. The standard InChI is InChI=1S/C15H13N5O4/c16-9-3-1-8(2-4-9)10-5-11(21)13(14-18-7-19-20(10)14)15(24)17-6-12(22)23/h1-5,7,21H,6,16H2,(H,17,24)(H,22,23). The van der Waals surface area contributed by atoms with Crippen LogP contribution in [0, 0.1) is 0 Å². The second-order valence-corrected chi connectivity index (χ2v) is 4.98. The van der Waals surface area contributed by atoms with Crippen molar-refractivity contribution in [2.24, 2.45) is 0 Å². The van der Waals surface area contributed by atoms with Gasteiger partial charge in [0.25, 0.3) is 5.91 Å². The summed E-state index contributed by atoms with van der Waals surface area (Å²) in [4.78, 5) is 26.7. The number of aromatic hydroxyl groups is 1. The van der Waals surface area contributed by atoms with Gasteiger partial charge in [0.05, 0.1) is 5.69 Å². The van der Waals surface area contributed by atoms with E-state index in [9.17, 15) is 14.7 Å². The summed E-state index contributed by atoms with van der Waals surface area (Å²) in [5.74, 6) is -2.28. The first kappa shape index (κ1) is 15.3. The van der Waals surface area contributed by atoms with Crippen molar-refractivity contribution < 1.29 is 19.8 Å². The summed E-state index contributed by atoms with van der Waals surface area (Å²) < 4.78 is 1.39. The molecule has 0 fully saturated rings. The minimum absolute atomic E-state index is 0.115. The maximum absolute atomic E-state index is 12.1. The van der Waals surface area contributed by atoms with Crippen LogP contribution in [0.1, 0.15) is 10.4 Å². The van der Waals surface area contributed by atoms with Crippen LogP contribution in [0.15, 0.2) is 36.7 Å². The van der Waals surface area contributed by atoms with E-state index in [1.807, 2.05) is 0 Å². The molecule has 0 aliphatic rings. The molecule has 0 bridgehead atoms. The van der Waals surface area contributed by atoms with E-state index in [0.29, 0.717) is 16.9 Å². The number of amides is 1. The van der Waals surface area contributed by atoms with Crippen LogP contribution in [0.4, 0.5) is 5.69 Å². The minimum Gasteiger partial charge on any atom is -0.507 e.